The van der Waals surface area contributed by atoms with Gasteiger partial charge in [0.25, 0.3) is 5.91 Å². The number of benzene rings is 2. The standard InChI is InChI=1S/C34H44ClN3O4S/c1-23-6-4-8-31(41-3)28-12-9-26(28)20-37-21-34(15-5-7-24-18-27(35)11-13-29(24)34)22-42-32-14-10-25(19-30(32)37)33(39)36-43-38(23)16-17-40-2/h4,8,10-11,13-14,18-19,23,26,28,31H,5-7,9,12,15-17,20-22H2,1-3H3,(H,36,39)/b8-4-/t23-,26-,28+,31-,34-/m0/s1. The summed E-state index contributed by atoms with van der Waals surface area (Å²) in [6.45, 7) is 5.82. The number of rotatable bonds is 4. The van der Waals surface area contributed by atoms with Crippen molar-refractivity contribution in [2.45, 2.75) is 63.0 Å². The first-order valence-electron chi connectivity index (χ1n) is 15.6. The normalized spacial score (nSPS) is 30.3. The van der Waals surface area contributed by atoms with Crippen LogP contribution in [0.4, 0.5) is 5.69 Å². The highest BCUT2D eigenvalue weighted by molar-refractivity contribution is 7.95. The Morgan fingerprint density at radius 3 is 2.86 bits per heavy atom. The summed E-state index contributed by atoms with van der Waals surface area (Å²) in [6.07, 6.45) is 11.0. The first-order valence-corrected chi connectivity index (χ1v) is 16.8. The van der Waals surface area contributed by atoms with Gasteiger partial charge in [-0.3, -0.25) is 9.52 Å². The Bertz CT molecular complexity index is 1340. The summed E-state index contributed by atoms with van der Waals surface area (Å²) in [5.41, 5.74) is 4.18. The molecule has 1 N–H and O–H groups in total. The lowest BCUT2D eigenvalue weighted by Crippen LogP contribution is -2.49. The fraction of sp³-hybridized carbons (Fsp3) is 0.559. The molecule has 1 spiro atoms. The van der Waals surface area contributed by atoms with Crippen LogP contribution in [0.1, 0.15) is 60.5 Å². The number of halogens is 1. The average Bonchev–Trinajstić information content (AvgIpc) is 3.14. The zero-order valence-electron chi connectivity index (χ0n) is 25.5. The van der Waals surface area contributed by atoms with Crippen molar-refractivity contribution in [2.75, 3.05) is 52.0 Å². The van der Waals surface area contributed by atoms with Gasteiger partial charge in [0.2, 0.25) is 0 Å². The van der Waals surface area contributed by atoms with E-state index in [0.717, 1.165) is 61.7 Å². The predicted octanol–water partition coefficient (Wildman–Crippen LogP) is 6.44. The Balaban J connectivity index is 1.37. The number of amides is 1. The van der Waals surface area contributed by atoms with Gasteiger partial charge < -0.3 is 19.1 Å². The smallest absolute Gasteiger partial charge is 0.262 e. The average molecular weight is 626 g/mol. The highest BCUT2D eigenvalue weighted by atomic mass is 35.5. The second-order valence-corrected chi connectivity index (χ2v) is 13.9. The van der Waals surface area contributed by atoms with Gasteiger partial charge in [-0.05, 0) is 98.7 Å². The van der Waals surface area contributed by atoms with Gasteiger partial charge in [0.05, 0.1) is 25.0 Å². The minimum atomic E-state index is -0.145. The van der Waals surface area contributed by atoms with Crippen molar-refractivity contribution in [1.82, 2.24) is 9.03 Å². The highest BCUT2D eigenvalue weighted by Gasteiger charge is 2.44. The number of fused-ring (bicyclic) bond motifs is 4. The topological polar surface area (TPSA) is 63.3 Å². The molecule has 0 unspecified atom stereocenters. The van der Waals surface area contributed by atoms with Crippen molar-refractivity contribution in [2.24, 2.45) is 11.8 Å². The molecule has 0 saturated heterocycles. The van der Waals surface area contributed by atoms with Crippen molar-refractivity contribution in [3.63, 3.8) is 0 Å². The van der Waals surface area contributed by atoms with Gasteiger partial charge in [-0.2, -0.15) is 0 Å². The van der Waals surface area contributed by atoms with E-state index in [9.17, 15) is 4.79 Å². The molecule has 1 amide bonds. The Hall–Kier alpha value is -2.23. The predicted molar refractivity (Wildman–Crippen MR) is 174 cm³/mol. The molecule has 1 fully saturated rings. The number of hydrogen-bond acceptors (Lipinski definition) is 7. The van der Waals surface area contributed by atoms with Crippen molar-refractivity contribution >= 4 is 35.3 Å². The molecule has 2 aliphatic carbocycles. The van der Waals surface area contributed by atoms with E-state index in [4.69, 9.17) is 25.8 Å². The number of ether oxygens (including phenoxy) is 3. The van der Waals surface area contributed by atoms with E-state index < -0.39 is 0 Å². The van der Waals surface area contributed by atoms with Crippen LogP contribution in [0.2, 0.25) is 5.02 Å². The van der Waals surface area contributed by atoms with E-state index in [1.165, 1.54) is 29.7 Å². The number of hydrogen-bond donors (Lipinski definition) is 1. The molecule has 9 heteroatoms. The van der Waals surface area contributed by atoms with Crippen molar-refractivity contribution in [3.05, 3.63) is 70.3 Å². The third-order valence-corrected chi connectivity index (χ3v) is 11.3. The van der Waals surface area contributed by atoms with Gasteiger partial charge in [-0.1, -0.05) is 29.8 Å². The summed E-state index contributed by atoms with van der Waals surface area (Å²) in [5.74, 6) is 1.68. The van der Waals surface area contributed by atoms with E-state index >= 15 is 0 Å². The number of nitrogens with zero attached hydrogens (tertiary/aromatic N) is 2. The maximum absolute atomic E-state index is 13.5. The number of carbonyl (C=O) groups is 1. The van der Waals surface area contributed by atoms with E-state index in [2.05, 4.69) is 45.1 Å². The summed E-state index contributed by atoms with van der Waals surface area (Å²) in [6, 6.07) is 12.5. The van der Waals surface area contributed by atoms with Crippen LogP contribution < -0.4 is 14.4 Å². The van der Waals surface area contributed by atoms with Crippen LogP contribution in [-0.2, 0) is 21.3 Å². The quantitative estimate of drug-likeness (QED) is 0.310. The van der Waals surface area contributed by atoms with Gasteiger partial charge in [0.15, 0.2) is 0 Å². The third-order valence-electron chi connectivity index (χ3n) is 9.99. The summed E-state index contributed by atoms with van der Waals surface area (Å²) in [7, 11) is 3.54. The Morgan fingerprint density at radius 1 is 1.19 bits per heavy atom. The molecule has 1 saturated carbocycles. The molecule has 2 aromatic rings. The zero-order valence-corrected chi connectivity index (χ0v) is 27.1. The molecule has 232 valence electrons. The minimum Gasteiger partial charge on any atom is -0.490 e. The third kappa shape index (κ3) is 6.45. The van der Waals surface area contributed by atoms with E-state index in [-0.39, 0.29) is 23.5 Å². The Morgan fingerprint density at radius 2 is 2.07 bits per heavy atom. The second kappa shape index (κ2) is 13.4. The van der Waals surface area contributed by atoms with Crippen LogP contribution >= 0.6 is 23.7 Å². The minimum absolute atomic E-state index is 0.0826. The van der Waals surface area contributed by atoms with E-state index in [0.29, 0.717) is 37.2 Å². The Kier molecular flexibility index (Phi) is 9.60. The van der Waals surface area contributed by atoms with Gasteiger partial charge in [-0.25, -0.2) is 4.31 Å². The molecule has 2 bridgehead atoms. The monoisotopic (exact) mass is 625 g/mol. The Labute approximate surface area is 265 Å². The molecule has 0 aromatic heterocycles. The number of anilines is 1. The largest absolute Gasteiger partial charge is 0.490 e. The fourth-order valence-electron chi connectivity index (χ4n) is 7.41. The maximum atomic E-state index is 13.5. The SMILES string of the molecule is COCCN1SNC(=O)c2ccc3c(c2)N(C[C@@H]2CC[C@H]2[C@@H](OC)/C=C\C[C@@H]1C)C[C@@]1(CCCc2cc(Cl)ccc21)CO3. The van der Waals surface area contributed by atoms with Crippen LogP contribution in [0.5, 0.6) is 5.75 Å². The van der Waals surface area contributed by atoms with Crippen molar-refractivity contribution in [3.8, 4) is 5.75 Å². The molecule has 0 radical (unpaired) electrons. The van der Waals surface area contributed by atoms with Crippen LogP contribution in [-0.4, -0.2) is 69.4 Å². The van der Waals surface area contributed by atoms with Crippen LogP contribution in [0.15, 0.2) is 48.6 Å². The number of nitrogens with one attached hydrogen (secondary N) is 1. The van der Waals surface area contributed by atoms with Gasteiger partial charge in [0, 0.05) is 68.0 Å². The molecule has 6 rings (SSSR count). The first kappa shape index (κ1) is 30.8. The molecule has 4 aliphatic rings. The van der Waals surface area contributed by atoms with Gasteiger partial charge in [-0.15, -0.1) is 0 Å². The molecular weight excluding hydrogens is 582 g/mol. The molecule has 2 aromatic carbocycles. The lowest BCUT2D eigenvalue weighted by Gasteiger charge is -2.46. The van der Waals surface area contributed by atoms with Crippen molar-refractivity contribution in [1.29, 1.82) is 0 Å². The number of methoxy groups -OCH3 is 2. The molecule has 2 aliphatic heterocycles. The summed E-state index contributed by atoms with van der Waals surface area (Å²) in [5, 5.41) is 0.790. The van der Waals surface area contributed by atoms with Crippen LogP contribution in [0.3, 0.4) is 0 Å². The summed E-state index contributed by atoms with van der Waals surface area (Å²) < 4.78 is 23.4. The molecular formula is C34H44ClN3O4S. The van der Waals surface area contributed by atoms with Gasteiger partial charge in [0.1, 0.15) is 5.75 Å². The molecule has 2 heterocycles. The number of carbonyl (C=O) groups excluding carboxylic acids is 1. The van der Waals surface area contributed by atoms with Crippen molar-refractivity contribution < 1.29 is 19.0 Å². The molecule has 5 atom stereocenters. The lowest BCUT2D eigenvalue weighted by atomic mass is 9.68. The first-order chi connectivity index (χ1) is 20.9. The highest BCUT2D eigenvalue weighted by Crippen LogP contribution is 2.47. The summed E-state index contributed by atoms with van der Waals surface area (Å²) in [4.78, 5) is 16.0. The maximum Gasteiger partial charge on any atom is 0.262 e. The molecule has 7 nitrogen and oxygen atoms in total. The summed E-state index contributed by atoms with van der Waals surface area (Å²) >= 11 is 7.79. The van der Waals surface area contributed by atoms with Gasteiger partial charge >= 0.3 is 0 Å². The van der Waals surface area contributed by atoms with Crippen LogP contribution in [0, 0.1) is 11.8 Å². The lowest BCUT2D eigenvalue weighted by molar-refractivity contribution is 0.0131. The van der Waals surface area contributed by atoms with E-state index in [1.807, 2.05) is 31.4 Å². The van der Waals surface area contributed by atoms with E-state index in [1.54, 1.807) is 7.11 Å². The molecule has 43 heavy (non-hydrogen) atoms. The number of aryl methyl sites for hydroxylation is 1. The van der Waals surface area contributed by atoms with Crippen LogP contribution in [0.25, 0.3) is 0 Å². The fourth-order valence-corrected chi connectivity index (χ4v) is 8.36. The zero-order chi connectivity index (χ0) is 30.0. The second-order valence-electron chi connectivity index (χ2n) is 12.7.